The van der Waals surface area contributed by atoms with Crippen LogP contribution in [0.15, 0.2) is 84.9 Å². The van der Waals surface area contributed by atoms with Gasteiger partial charge >= 0.3 is 0 Å². The maximum absolute atomic E-state index is 13.0. The summed E-state index contributed by atoms with van der Waals surface area (Å²) in [5.74, 6) is 0.0676. The van der Waals surface area contributed by atoms with Crippen LogP contribution in [0.4, 0.5) is 5.69 Å². The molecule has 4 N–H and O–H groups in total. The molecule has 2 aliphatic rings. The molecule has 12 nitrogen and oxygen atoms in total. The Hall–Kier alpha value is -5.92. The number of fused-ring (bicyclic) bond motifs is 2. The first-order chi connectivity index (χ1) is 24.2. The summed E-state index contributed by atoms with van der Waals surface area (Å²) in [5.41, 5.74) is 1.93. The number of imide groups is 2. The van der Waals surface area contributed by atoms with Crippen molar-refractivity contribution < 1.29 is 43.6 Å². The van der Waals surface area contributed by atoms with Gasteiger partial charge < -0.3 is 29.7 Å². The maximum Gasteiger partial charge on any atom is 0.262 e. The smallest absolute Gasteiger partial charge is 0.262 e. The van der Waals surface area contributed by atoms with Crippen molar-refractivity contribution in [2.24, 2.45) is 0 Å². The van der Waals surface area contributed by atoms with Crippen LogP contribution in [0.1, 0.15) is 33.6 Å². The molecule has 0 aliphatic carbocycles. The van der Waals surface area contributed by atoms with Gasteiger partial charge in [0.05, 0.1) is 29.2 Å². The number of phenols is 2. The van der Waals surface area contributed by atoms with Crippen LogP contribution in [0.25, 0.3) is 20.5 Å². The number of amides is 4. The average Bonchev–Trinajstić information content (AvgIpc) is 3.58. The van der Waals surface area contributed by atoms with Gasteiger partial charge in [-0.05, 0) is 96.9 Å². The molecule has 1 atom stereocenters. The van der Waals surface area contributed by atoms with Gasteiger partial charge in [0.2, 0.25) is 11.8 Å². The number of thiophene rings is 1. The minimum Gasteiger partial charge on any atom is -0.508 e. The molecule has 254 valence electrons. The molecule has 1 unspecified atom stereocenters. The second-order valence-corrected chi connectivity index (χ2v) is 12.7. The van der Waals surface area contributed by atoms with E-state index in [2.05, 4.69) is 10.6 Å². The summed E-state index contributed by atoms with van der Waals surface area (Å²) >= 11 is 1.49. The monoisotopic (exact) mass is 693 g/mol. The first-order valence-electron chi connectivity index (χ1n) is 15.9. The van der Waals surface area contributed by atoms with Crippen molar-refractivity contribution in [2.45, 2.75) is 18.9 Å². The molecule has 4 amide bonds. The lowest BCUT2D eigenvalue weighted by molar-refractivity contribution is -0.136. The van der Waals surface area contributed by atoms with Crippen molar-refractivity contribution in [1.29, 1.82) is 0 Å². The van der Waals surface area contributed by atoms with Gasteiger partial charge in [0.15, 0.2) is 5.75 Å². The summed E-state index contributed by atoms with van der Waals surface area (Å²) < 4.78 is 18.7. The van der Waals surface area contributed by atoms with Gasteiger partial charge in [0.1, 0.15) is 35.6 Å². The molecule has 50 heavy (non-hydrogen) atoms. The summed E-state index contributed by atoms with van der Waals surface area (Å²) in [6.45, 7) is 1.45. The van der Waals surface area contributed by atoms with E-state index < -0.39 is 29.7 Å². The highest BCUT2D eigenvalue weighted by Crippen LogP contribution is 2.47. The third-order valence-corrected chi connectivity index (χ3v) is 9.50. The molecule has 0 bridgehead atoms. The summed E-state index contributed by atoms with van der Waals surface area (Å²) in [4.78, 5) is 51.5. The molecular formula is C37H31N3O9S. The molecule has 4 aromatic carbocycles. The Bertz CT molecular complexity index is 2110. The van der Waals surface area contributed by atoms with Crippen LogP contribution in [-0.4, -0.2) is 71.1 Å². The van der Waals surface area contributed by atoms with Crippen LogP contribution in [0, 0.1) is 0 Å². The van der Waals surface area contributed by atoms with E-state index in [1.165, 1.54) is 11.3 Å². The van der Waals surface area contributed by atoms with E-state index in [1.807, 2.05) is 30.3 Å². The molecule has 1 aromatic heterocycles. The molecule has 3 heterocycles. The fourth-order valence-electron chi connectivity index (χ4n) is 5.86. The second-order valence-electron chi connectivity index (χ2n) is 11.7. The van der Waals surface area contributed by atoms with Crippen molar-refractivity contribution in [3.05, 3.63) is 96.1 Å². The molecule has 1 fully saturated rings. The zero-order valence-corrected chi connectivity index (χ0v) is 27.3. The largest absolute Gasteiger partial charge is 0.508 e. The summed E-state index contributed by atoms with van der Waals surface area (Å²) in [7, 11) is 0. The SMILES string of the molecule is O=C1CCC(N2C(=O)c3ccc(NCCOCCOc4ccc(Oc5c(-c6ccc(O)cc6)sc6cc(O)ccc56)cc4)cc3C2=O)C(=O)N1. The quantitative estimate of drug-likeness (QED) is 0.0944. The van der Waals surface area contributed by atoms with Gasteiger partial charge in [-0.2, -0.15) is 0 Å². The van der Waals surface area contributed by atoms with E-state index in [4.69, 9.17) is 14.2 Å². The zero-order chi connectivity index (χ0) is 34.8. The molecule has 7 rings (SSSR count). The van der Waals surface area contributed by atoms with Gasteiger partial charge in [0.25, 0.3) is 11.8 Å². The van der Waals surface area contributed by atoms with E-state index >= 15 is 0 Å². The van der Waals surface area contributed by atoms with Gasteiger partial charge in [-0.1, -0.05) is 0 Å². The van der Waals surface area contributed by atoms with E-state index in [1.54, 1.807) is 54.6 Å². The number of piperidine rings is 1. The first kappa shape index (κ1) is 32.6. The third kappa shape index (κ3) is 6.68. The highest BCUT2D eigenvalue weighted by molar-refractivity contribution is 7.22. The highest BCUT2D eigenvalue weighted by atomic mass is 32.1. The Balaban J connectivity index is 0.877. The van der Waals surface area contributed by atoms with Gasteiger partial charge in [-0.15, -0.1) is 11.3 Å². The number of phenolic OH excluding ortho intramolecular Hbond substituents is 2. The molecule has 0 radical (unpaired) electrons. The molecular weight excluding hydrogens is 662 g/mol. The topological polar surface area (TPSA) is 164 Å². The Morgan fingerprint density at radius 2 is 1.54 bits per heavy atom. The van der Waals surface area contributed by atoms with Crippen LogP contribution >= 0.6 is 11.3 Å². The van der Waals surface area contributed by atoms with Crippen LogP contribution < -0.4 is 20.1 Å². The number of nitrogens with one attached hydrogen (secondary N) is 2. The Morgan fingerprint density at radius 1 is 0.800 bits per heavy atom. The Kier molecular flexibility index (Phi) is 9.07. The lowest BCUT2D eigenvalue weighted by Gasteiger charge is -2.27. The van der Waals surface area contributed by atoms with Crippen molar-refractivity contribution in [3.8, 4) is 39.2 Å². The molecule has 1 saturated heterocycles. The minimum absolute atomic E-state index is 0.0645. The zero-order valence-electron chi connectivity index (χ0n) is 26.5. The predicted molar refractivity (Wildman–Crippen MR) is 185 cm³/mol. The van der Waals surface area contributed by atoms with Crippen molar-refractivity contribution in [3.63, 3.8) is 0 Å². The molecule has 5 aromatic rings. The van der Waals surface area contributed by atoms with Crippen LogP contribution in [0.2, 0.25) is 0 Å². The van der Waals surface area contributed by atoms with Gasteiger partial charge in [0, 0.05) is 28.7 Å². The number of aromatic hydroxyl groups is 2. The first-order valence-corrected chi connectivity index (χ1v) is 16.7. The lowest BCUT2D eigenvalue weighted by Crippen LogP contribution is -2.54. The van der Waals surface area contributed by atoms with E-state index in [0.717, 1.165) is 25.4 Å². The standard InChI is InChI=1S/C37H31N3O9S/c41-23-4-1-21(2-5-23)34-33(28-12-6-24(42)20-31(28)50-34)49-26-9-7-25(8-10-26)48-18-17-47-16-15-38-22-3-11-27-29(19-22)37(46)40(36(27)45)30-13-14-32(43)39-35(30)44/h1-12,19-20,30,38,41-42H,13-18H2,(H,39,43,44). The summed E-state index contributed by atoms with van der Waals surface area (Å²) in [5, 5.41) is 26.0. The number of carbonyl (C=O) groups is 4. The second kappa shape index (κ2) is 13.9. The van der Waals surface area contributed by atoms with Crippen molar-refractivity contribution in [2.75, 3.05) is 31.7 Å². The maximum atomic E-state index is 13.0. The summed E-state index contributed by atoms with van der Waals surface area (Å²) in [6, 6.07) is 23.1. The van der Waals surface area contributed by atoms with Crippen molar-refractivity contribution in [1.82, 2.24) is 10.2 Å². The Labute approximate surface area is 289 Å². The lowest BCUT2D eigenvalue weighted by atomic mass is 10.0. The molecule has 13 heteroatoms. The predicted octanol–water partition coefficient (Wildman–Crippen LogP) is 5.68. The number of carbonyl (C=O) groups excluding carboxylic acids is 4. The normalized spacial score (nSPS) is 15.7. The fraction of sp³-hybridized carbons (Fsp3) is 0.189. The number of nitrogens with zero attached hydrogens (tertiary/aromatic N) is 1. The Morgan fingerprint density at radius 3 is 2.32 bits per heavy atom. The fourth-order valence-corrected chi connectivity index (χ4v) is 7.03. The number of hydrogen-bond acceptors (Lipinski definition) is 11. The number of rotatable bonds is 12. The number of anilines is 1. The molecule has 0 spiro atoms. The van der Waals surface area contributed by atoms with Crippen LogP contribution in [0.5, 0.6) is 28.7 Å². The number of benzene rings is 4. The van der Waals surface area contributed by atoms with Crippen molar-refractivity contribution >= 4 is 50.7 Å². The molecule has 2 aliphatic heterocycles. The third-order valence-electron chi connectivity index (χ3n) is 8.31. The van der Waals surface area contributed by atoms with Gasteiger partial charge in [-0.3, -0.25) is 29.4 Å². The summed E-state index contributed by atoms with van der Waals surface area (Å²) in [6.07, 6.45) is 0.168. The van der Waals surface area contributed by atoms with E-state index in [0.29, 0.717) is 49.3 Å². The van der Waals surface area contributed by atoms with Crippen LogP contribution in [-0.2, 0) is 14.3 Å². The number of ether oxygens (including phenoxy) is 3. The van der Waals surface area contributed by atoms with E-state index in [-0.39, 0.29) is 35.5 Å². The van der Waals surface area contributed by atoms with Crippen LogP contribution in [0.3, 0.4) is 0 Å². The number of hydrogen-bond donors (Lipinski definition) is 4. The highest BCUT2D eigenvalue weighted by Gasteiger charge is 2.44. The van der Waals surface area contributed by atoms with Gasteiger partial charge in [-0.25, -0.2) is 0 Å². The molecule has 0 saturated carbocycles. The van der Waals surface area contributed by atoms with E-state index in [9.17, 15) is 29.4 Å². The average molecular weight is 694 g/mol. The minimum atomic E-state index is -1.01.